The number of aromatic nitrogens is 4. The molecule has 1 aromatic carbocycles. The third kappa shape index (κ3) is 2.78. The number of nitrogens with two attached hydrogens (primary N) is 1. The van der Waals surface area contributed by atoms with Crippen molar-refractivity contribution in [1.29, 1.82) is 0 Å². The molecule has 0 radical (unpaired) electrons. The monoisotopic (exact) mass is 336 g/mol. The van der Waals surface area contributed by atoms with E-state index in [1.807, 2.05) is 18.2 Å². The Morgan fingerprint density at radius 2 is 2.00 bits per heavy atom. The van der Waals surface area contributed by atoms with Crippen LogP contribution in [0.2, 0.25) is 0 Å². The van der Waals surface area contributed by atoms with Crippen molar-refractivity contribution in [2.75, 3.05) is 12.3 Å². The van der Waals surface area contributed by atoms with Gasteiger partial charge in [-0.25, -0.2) is 4.98 Å². The number of carbonyl (C=O) groups is 1. The highest BCUT2D eigenvalue weighted by atomic mass is 16.2. The van der Waals surface area contributed by atoms with E-state index < -0.39 is 0 Å². The van der Waals surface area contributed by atoms with Gasteiger partial charge in [-0.3, -0.25) is 19.7 Å². The van der Waals surface area contributed by atoms with Gasteiger partial charge in [0.1, 0.15) is 0 Å². The molecule has 1 aliphatic rings. The molecule has 126 valence electrons. The van der Waals surface area contributed by atoms with Gasteiger partial charge in [0, 0.05) is 23.9 Å². The third-order valence-electron chi connectivity index (χ3n) is 4.32. The maximum Gasteiger partial charge on any atom is 0.255 e. The summed E-state index contributed by atoms with van der Waals surface area (Å²) >= 11 is 0. The SMILES string of the molecule is Nc1nc2c(c(=O)[nH]1)CCN(C(=O)c1ccc(-c3ccn[nH]3)cc1)C2. The Morgan fingerprint density at radius 3 is 2.72 bits per heavy atom. The van der Waals surface area contributed by atoms with Gasteiger partial charge in [-0.05, 0) is 30.2 Å². The van der Waals surface area contributed by atoms with Crippen LogP contribution in [0.15, 0.2) is 41.3 Å². The molecule has 0 saturated heterocycles. The first kappa shape index (κ1) is 15.1. The van der Waals surface area contributed by atoms with Crippen molar-refractivity contribution in [2.24, 2.45) is 0 Å². The average molecular weight is 336 g/mol. The van der Waals surface area contributed by atoms with Crippen LogP contribution in [0.3, 0.4) is 0 Å². The molecule has 4 N–H and O–H groups in total. The van der Waals surface area contributed by atoms with E-state index >= 15 is 0 Å². The number of nitrogen functional groups attached to an aromatic ring is 1. The van der Waals surface area contributed by atoms with Crippen molar-refractivity contribution in [1.82, 2.24) is 25.1 Å². The topological polar surface area (TPSA) is 121 Å². The van der Waals surface area contributed by atoms with E-state index in [0.717, 1.165) is 11.3 Å². The minimum atomic E-state index is -0.224. The molecule has 0 fully saturated rings. The molecule has 1 amide bonds. The van der Waals surface area contributed by atoms with Crippen LogP contribution >= 0.6 is 0 Å². The second kappa shape index (κ2) is 5.90. The number of nitrogens with one attached hydrogen (secondary N) is 2. The predicted molar refractivity (Wildman–Crippen MR) is 91.7 cm³/mol. The van der Waals surface area contributed by atoms with Crippen molar-refractivity contribution >= 4 is 11.9 Å². The van der Waals surface area contributed by atoms with Gasteiger partial charge >= 0.3 is 0 Å². The van der Waals surface area contributed by atoms with Crippen molar-refractivity contribution in [3.63, 3.8) is 0 Å². The lowest BCUT2D eigenvalue weighted by molar-refractivity contribution is 0.0731. The minimum absolute atomic E-state index is 0.0713. The van der Waals surface area contributed by atoms with Gasteiger partial charge in [-0.2, -0.15) is 5.10 Å². The van der Waals surface area contributed by atoms with Gasteiger partial charge in [0.2, 0.25) is 5.95 Å². The van der Waals surface area contributed by atoms with E-state index in [1.165, 1.54) is 0 Å². The molecule has 8 nitrogen and oxygen atoms in total. The fourth-order valence-corrected chi connectivity index (χ4v) is 3.02. The summed E-state index contributed by atoms with van der Waals surface area (Å²) in [5.41, 5.74) is 8.98. The number of aromatic amines is 2. The molecule has 0 saturated carbocycles. The fourth-order valence-electron chi connectivity index (χ4n) is 3.02. The molecule has 0 aliphatic carbocycles. The largest absolute Gasteiger partial charge is 0.369 e. The van der Waals surface area contributed by atoms with Crippen LogP contribution in [0.4, 0.5) is 5.95 Å². The Morgan fingerprint density at radius 1 is 1.20 bits per heavy atom. The lowest BCUT2D eigenvalue weighted by Crippen LogP contribution is -2.39. The zero-order chi connectivity index (χ0) is 17.4. The second-order valence-electron chi connectivity index (χ2n) is 5.90. The summed E-state index contributed by atoms with van der Waals surface area (Å²) < 4.78 is 0. The first-order valence-electron chi connectivity index (χ1n) is 7.88. The summed E-state index contributed by atoms with van der Waals surface area (Å²) in [7, 11) is 0. The summed E-state index contributed by atoms with van der Waals surface area (Å²) in [5, 5.41) is 6.81. The molecule has 3 aromatic rings. The molecule has 2 aromatic heterocycles. The number of H-pyrrole nitrogens is 2. The number of nitrogens with zero attached hydrogens (tertiary/aromatic N) is 3. The first-order valence-corrected chi connectivity index (χ1v) is 7.88. The van der Waals surface area contributed by atoms with Crippen LogP contribution in [0, 0.1) is 0 Å². The smallest absolute Gasteiger partial charge is 0.255 e. The number of amides is 1. The zero-order valence-electron chi connectivity index (χ0n) is 13.3. The number of carbonyl (C=O) groups excluding carboxylic acids is 1. The van der Waals surface area contributed by atoms with E-state index in [9.17, 15) is 9.59 Å². The Balaban J connectivity index is 1.56. The molecular weight excluding hydrogens is 320 g/mol. The standard InChI is InChI=1S/C17H16N6O2/c18-17-20-14-9-23(8-6-12(14)15(24)21-17)16(25)11-3-1-10(2-4-11)13-5-7-19-22-13/h1-5,7H,6,8-9H2,(H,19,22)(H3,18,20,21,24). The normalized spacial score (nSPS) is 13.5. The Labute approximate surface area is 142 Å². The number of hydrogen-bond donors (Lipinski definition) is 3. The van der Waals surface area contributed by atoms with Crippen LogP contribution in [0.25, 0.3) is 11.3 Å². The fraction of sp³-hybridized carbons (Fsp3) is 0.176. The maximum atomic E-state index is 12.7. The molecule has 0 atom stereocenters. The van der Waals surface area contributed by atoms with Crippen molar-refractivity contribution in [3.05, 3.63) is 63.7 Å². The quantitative estimate of drug-likeness (QED) is 0.643. The van der Waals surface area contributed by atoms with Gasteiger partial charge in [-0.1, -0.05) is 12.1 Å². The van der Waals surface area contributed by atoms with E-state index in [2.05, 4.69) is 20.2 Å². The summed E-state index contributed by atoms with van der Waals surface area (Å²) in [6.07, 6.45) is 2.15. The van der Waals surface area contributed by atoms with Crippen LogP contribution < -0.4 is 11.3 Å². The van der Waals surface area contributed by atoms with E-state index in [-0.39, 0.29) is 24.0 Å². The summed E-state index contributed by atoms with van der Waals surface area (Å²) in [5.74, 6) is -0.0237. The van der Waals surface area contributed by atoms with Gasteiger partial charge in [0.25, 0.3) is 11.5 Å². The van der Waals surface area contributed by atoms with Crippen LogP contribution in [0.1, 0.15) is 21.6 Å². The number of fused-ring (bicyclic) bond motifs is 1. The molecule has 3 heterocycles. The summed E-state index contributed by atoms with van der Waals surface area (Å²) in [6.45, 7) is 0.757. The minimum Gasteiger partial charge on any atom is -0.369 e. The van der Waals surface area contributed by atoms with Crippen molar-refractivity contribution in [3.8, 4) is 11.3 Å². The number of anilines is 1. The van der Waals surface area contributed by atoms with Gasteiger partial charge in [-0.15, -0.1) is 0 Å². The van der Waals surface area contributed by atoms with E-state index in [0.29, 0.717) is 29.8 Å². The number of rotatable bonds is 2. The molecule has 0 unspecified atom stereocenters. The number of benzene rings is 1. The average Bonchev–Trinajstić information content (AvgIpc) is 3.15. The van der Waals surface area contributed by atoms with E-state index in [4.69, 9.17) is 5.73 Å². The summed E-state index contributed by atoms with van der Waals surface area (Å²) in [4.78, 5) is 33.0. The molecule has 0 bridgehead atoms. The third-order valence-corrected chi connectivity index (χ3v) is 4.32. The Hall–Kier alpha value is -3.42. The van der Waals surface area contributed by atoms with Crippen LogP contribution in [-0.4, -0.2) is 37.5 Å². The lowest BCUT2D eigenvalue weighted by Gasteiger charge is -2.27. The highest BCUT2D eigenvalue weighted by Gasteiger charge is 2.25. The van der Waals surface area contributed by atoms with Gasteiger partial charge < -0.3 is 10.6 Å². The Bertz CT molecular complexity index is 975. The molecule has 1 aliphatic heterocycles. The highest BCUT2D eigenvalue weighted by molar-refractivity contribution is 5.94. The van der Waals surface area contributed by atoms with Crippen molar-refractivity contribution in [2.45, 2.75) is 13.0 Å². The van der Waals surface area contributed by atoms with Gasteiger partial charge in [0.15, 0.2) is 0 Å². The highest BCUT2D eigenvalue weighted by Crippen LogP contribution is 2.20. The predicted octanol–water partition coefficient (Wildman–Crippen LogP) is 0.941. The molecule has 8 heteroatoms. The van der Waals surface area contributed by atoms with Crippen LogP contribution in [0.5, 0.6) is 0 Å². The van der Waals surface area contributed by atoms with Crippen molar-refractivity contribution < 1.29 is 4.79 Å². The molecular formula is C17H16N6O2. The number of hydrogen-bond acceptors (Lipinski definition) is 5. The zero-order valence-corrected chi connectivity index (χ0v) is 13.3. The Kier molecular flexibility index (Phi) is 3.57. The maximum absolute atomic E-state index is 12.7. The molecule has 4 rings (SSSR count). The second-order valence-corrected chi connectivity index (χ2v) is 5.90. The van der Waals surface area contributed by atoms with E-state index in [1.54, 1.807) is 23.2 Å². The molecule has 25 heavy (non-hydrogen) atoms. The molecule has 0 spiro atoms. The summed E-state index contributed by atoms with van der Waals surface area (Å²) in [6, 6.07) is 9.19. The van der Waals surface area contributed by atoms with Crippen LogP contribution in [-0.2, 0) is 13.0 Å². The first-order chi connectivity index (χ1) is 12.1. The van der Waals surface area contributed by atoms with Gasteiger partial charge in [0.05, 0.1) is 17.9 Å². The lowest BCUT2D eigenvalue weighted by atomic mass is 10.0.